The van der Waals surface area contributed by atoms with E-state index in [2.05, 4.69) is 0 Å². The molecule has 1 aliphatic heterocycles. The summed E-state index contributed by atoms with van der Waals surface area (Å²) in [5.41, 5.74) is 0. The number of alkyl halides is 4. The van der Waals surface area contributed by atoms with Crippen molar-refractivity contribution in [2.45, 2.75) is 8.91 Å². The van der Waals surface area contributed by atoms with Crippen LogP contribution in [-0.4, -0.2) is 17.8 Å². The molecule has 70 valence electrons. The molecule has 8 heteroatoms. The first-order valence-electron chi connectivity index (χ1n) is 2.64. The Kier molecular flexibility index (Phi) is 3.10. The predicted octanol–water partition coefficient (Wildman–Crippen LogP) is 3.65. The summed E-state index contributed by atoms with van der Waals surface area (Å²) in [4.78, 5) is 0. The first-order valence-corrected chi connectivity index (χ1v) is 4.83. The molecule has 0 unspecified atom stereocenters. The van der Waals surface area contributed by atoms with Gasteiger partial charge in [0.1, 0.15) is 0 Å². The second kappa shape index (κ2) is 3.34. The molecule has 0 atom stereocenters. The van der Waals surface area contributed by atoms with Crippen LogP contribution in [0.5, 0.6) is 0 Å². The third-order valence-electron chi connectivity index (χ3n) is 1.23. The van der Waals surface area contributed by atoms with E-state index in [0.29, 0.717) is 0 Å². The van der Waals surface area contributed by atoms with Gasteiger partial charge in [-0.2, -0.15) is 0 Å². The summed E-state index contributed by atoms with van der Waals surface area (Å²) >= 11 is 34.1. The van der Waals surface area contributed by atoms with E-state index in [1.165, 1.54) is 12.4 Å². The van der Waals surface area contributed by atoms with Crippen LogP contribution in [0.15, 0.2) is 12.4 Å². The minimum atomic E-state index is -1.71. The van der Waals surface area contributed by atoms with Crippen molar-refractivity contribution in [1.82, 2.24) is 8.84 Å². The summed E-state index contributed by atoms with van der Waals surface area (Å²) in [7, 11) is 0. The molecule has 12 heavy (non-hydrogen) atoms. The van der Waals surface area contributed by atoms with E-state index in [1.807, 2.05) is 0 Å². The fourth-order valence-corrected chi connectivity index (χ4v) is 1.67. The maximum atomic E-state index is 5.73. The maximum Gasteiger partial charge on any atom is 0.257 e. The minimum Gasteiger partial charge on any atom is -0.252 e. The van der Waals surface area contributed by atoms with E-state index in [0.717, 1.165) is 8.84 Å². The monoisotopic (exact) mass is 288 g/mol. The van der Waals surface area contributed by atoms with Crippen molar-refractivity contribution < 1.29 is 0 Å². The van der Waals surface area contributed by atoms with Crippen LogP contribution in [0.2, 0.25) is 0 Å². The molecule has 2 nitrogen and oxygen atoms in total. The quantitative estimate of drug-likeness (QED) is 0.382. The minimum absolute atomic E-state index is 0.926. The number of hydrogen-bond donors (Lipinski definition) is 0. The number of halogens is 6. The highest BCUT2D eigenvalue weighted by molar-refractivity contribution is 6.64. The number of nitrogens with zero attached hydrogens (tertiary/aromatic N) is 2. The van der Waals surface area contributed by atoms with Crippen LogP contribution in [-0.2, 0) is 0 Å². The van der Waals surface area contributed by atoms with Gasteiger partial charge >= 0.3 is 0 Å². The molecule has 0 spiro atoms. The third kappa shape index (κ3) is 1.54. The summed E-state index contributed by atoms with van der Waals surface area (Å²) in [6.45, 7) is 0. The molecule has 0 aliphatic carbocycles. The van der Waals surface area contributed by atoms with E-state index >= 15 is 0 Å². The molecule has 0 bridgehead atoms. The largest absolute Gasteiger partial charge is 0.257 e. The Hall–Kier alpha value is 1.08. The van der Waals surface area contributed by atoms with Gasteiger partial charge in [-0.3, -0.25) is 8.84 Å². The number of hydrogen-bond acceptors (Lipinski definition) is 2. The Balaban J connectivity index is 3.07. The van der Waals surface area contributed by atoms with E-state index in [1.54, 1.807) is 0 Å². The Morgan fingerprint density at radius 2 is 1.00 bits per heavy atom. The van der Waals surface area contributed by atoms with Crippen molar-refractivity contribution in [2.24, 2.45) is 0 Å². The van der Waals surface area contributed by atoms with Crippen LogP contribution in [0.3, 0.4) is 0 Å². The summed E-state index contributed by atoms with van der Waals surface area (Å²) in [5.74, 6) is 0. The van der Waals surface area contributed by atoms with Gasteiger partial charge in [-0.15, -0.1) is 0 Å². The summed E-state index contributed by atoms with van der Waals surface area (Å²) in [5, 5.41) is 0. The third-order valence-corrected chi connectivity index (χ3v) is 4.51. The van der Waals surface area contributed by atoms with Gasteiger partial charge in [0, 0.05) is 36.0 Å². The lowest BCUT2D eigenvalue weighted by molar-refractivity contribution is 0.313. The molecule has 0 saturated heterocycles. The highest BCUT2D eigenvalue weighted by atomic mass is 35.5. The Labute approximate surface area is 99.7 Å². The van der Waals surface area contributed by atoms with Crippen LogP contribution in [0, 0.1) is 0 Å². The zero-order valence-corrected chi connectivity index (χ0v) is 9.85. The lowest BCUT2D eigenvalue weighted by atomic mass is 10.5. The fraction of sp³-hybridized carbons (Fsp3) is 0.500. The predicted molar refractivity (Wildman–Crippen MR) is 53.4 cm³/mol. The molecule has 1 aliphatic rings. The van der Waals surface area contributed by atoms with E-state index in [9.17, 15) is 0 Å². The van der Waals surface area contributed by atoms with Crippen LogP contribution in [0.4, 0.5) is 0 Å². The molecule has 1 heterocycles. The van der Waals surface area contributed by atoms with Crippen molar-refractivity contribution in [1.29, 1.82) is 0 Å². The van der Waals surface area contributed by atoms with Crippen molar-refractivity contribution in [3.05, 3.63) is 12.4 Å². The molecule has 0 aromatic carbocycles. The topological polar surface area (TPSA) is 6.48 Å². The molecule has 1 rings (SSSR count). The van der Waals surface area contributed by atoms with E-state index in [-0.39, 0.29) is 0 Å². The SMILES string of the molecule is ClN1C=CN(Cl)C(Cl)(Cl)C1(Cl)Cl. The lowest BCUT2D eigenvalue weighted by Gasteiger charge is -2.43. The van der Waals surface area contributed by atoms with Crippen LogP contribution in [0.1, 0.15) is 0 Å². The van der Waals surface area contributed by atoms with Gasteiger partial charge < -0.3 is 0 Å². The highest BCUT2D eigenvalue weighted by Crippen LogP contribution is 2.51. The summed E-state index contributed by atoms with van der Waals surface area (Å²) in [6.07, 6.45) is 2.66. The lowest BCUT2D eigenvalue weighted by Crippen LogP contribution is -2.54. The van der Waals surface area contributed by atoms with Crippen molar-refractivity contribution in [3.63, 3.8) is 0 Å². The van der Waals surface area contributed by atoms with Crippen LogP contribution >= 0.6 is 70.0 Å². The van der Waals surface area contributed by atoms with Gasteiger partial charge in [0.15, 0.2) is 0 Å². The van der Waals surface area contributed by atoms with Gasteiger partial charge in [0.2, 0.25) is 0 Å². The van der Waals surface area contributed by atoms with Gasteiger partial charge in [-0.25, -0.2) is 0 Å². The standard InChI is InChI=1S/C4H2Cl6N2/c5-3(6)4(7,8)12(10)2-1-11(3)9/h1-2H. The average molecular weight is 291 g/mol. The zero-order chi connectivity index (χ0) is 9.57. The summed E-state index contributed by atoms with van der Waals surface area (Å²) < 4.78 is -1.58. The molecule has 0 saturated carbocycles. The zero-order valence-electron chi connectivity index (χ0n) is 5.32. The molecule has 0 N–H and O–H groups in total. The molecule has 0 radical (unpaired) electrons. The molecule has 0 fully saturated rings. The van der Waals surface area contributed by atoms with Crippen molar-refractivity contribution in [2.75, 3.05) is 0 Å². The van der Waals surface area contributed by atoms with E-state index < -0.39 is 8.91 Å². The second-order valence-corrected chi connectivity index (χ2v) is 5.31. The summed E-state index contributed by atoms with van der Waals surface area (Å²) in [6, 6.07) is 0. The average Bonchev–Trinajstić information content (AvgIpc) is 1.96. The first-order chi connectivity index (χ1) is 5.30. The molecule has 0 aromatic rings. The molecular formula is C4H2Cl6N2. The van der Waals surface area contributed by atoms with Gasteiger partial charge in [-0.05, 0) is 0 Å². The molecule has 0 aromatic heterocycles. The van der Waals surface area contributed by atoms with Crippen LogP contribution in [0.25, 0.3) is 0 Å². The second-order valence-electron chi connectivity index (χ2n) is 2.00. The van der Waals surface area contributed by atoms with Gasteiger partial charge in [0.05, 0.1) is 0 Å². The van der Waals surface area contributed by atoms with Gasteiger partial charge in [0.25, 0.3) is 8.91 Å². The van der Waals surface area contributed by atoms with Gasteiger partial charge in [-0.1, -0.05) is 46.4 Å². The molecular weight excluding hydrogens is 289 g/mol. The number of rotatable bonds is 0. The maximum absolute atomic E-state index is 5.73. The fourth-order valence-electron chi connectivity index (χ4n) is 0.561. The Morgan fingerprint density at radius 3 is 1.25 bits per heavy atom. The Bertz CT molecular complexity index is 192. The van der Waals surface area contributed by atoms with Crippen molar-refractivity contribution >= 4 is 70.0 Å². The normalized spacial score (nSPS) is 26.2. The molecule has 0 amide bonds. The van der Waals surface area contributed by atoms with E-state index in [4.69, 9.17) is 70.0 Å². The first kappa shape index (κ1) is 11.2. The highest BCUT2D eigenvalue weighted by Gasteiger charge is 2.56. The Morgan fingerprint density at radius 1 is 0.750 bits per heavy atom. The smallest absolute Gasteiger partial charge is 0.252 e. The van der Waals surface area contributed by atoms with Crippen LogP contribution < -0.4 is 0 Å². The van der Waals surface area contributed by atoms with Crippen molar-refractivity contribution in [3.8, 4) is 0 Å².